The SMILES string of the molecule is Cc1cc(Cl)ccc1[C@@H]1SC[C@H](C)Nc2c1c(C)nn2C. The molecule has 1 aromatic heterocycles. The van der Waals surface area contributed by atoms with Crippen LogP contribution in [-0.4, -0.2) is 21.6 Å². The molecule has 0 radical (unpaired) electrons. The van der Waals surface area contributed by atoms with Crippen molar-refractivity contribution in [3.63, 3.8) is 0 Å². The lowest BCUT2D eigenvalue weighted by Crippen LogP contribution is -2.18. The Balaban J connectivity index is 2.15. The van der Waals surface area contributed by atoms with Crippen molar-refractivity contribution in [3.8, 4) is 0 Å². The first-order chi connectivity index (χ1) is 9.97. The molecule has 0 aliphatic carbocycles. The molecule has 5 heteroatoms. The van der Waals surface area contributed by atoms with Gasteiger partial charge in [-0.2, -0.15) is 5.10 Å². The van der Waals surface area contributed by atoms with Crippen LogP contribution in [0.2, 0.25) is 5.02 Å². The molecule has 1 aliphatic heterocycles. The van der Waals surface area contributed by atoms with Crippen molar-refractivity contribution in [2.75, 3.05) is 11.1 Å². The van der Waals surface area contributed by atoms with Gasteiger partial charge >= 0.3 is 0 Å². The van der Waals surface area contributed by atoms with E-state index >= 15 is 0 Å². The zero-order chi connectivity index (χ0) is 15.1. The van der Waals surface area contributed by atoms with Crippen molar-refractivity contribution in [1.29, 1.82) is 0 Å². The summed E-state index contributed by atoms with van der Waals surface area (Å²) in [5.74, 6) is 2.21. The topological polar surface area (TPSA) is 29.9 Å². The first kappa shape index (κ1) is 14.8. The molecular weight excluding hydrogens is 302 g/mol. The van der Waals surface area contributed by atoms with E-state index in [0.717, 1.165) is 22.3 Å². The van der Waals surface area contributed by atoms with Crippen molar-refractivity contribution in [2.24, 2.45) is 7.05 Å². The third-order valence-electron chi connectivity index (χ3n) is 3.94. The Hall–Kier alpha value is -1.13. The Kier molecular flexibility index (Phi) is 3.93. The summed E-state index contributed by atoms with van der Waals surface area (Å²) in [6, 6.07) is 6.62. The van der Waals surface area contributed by atoms with Crippen LogP contribution < -0.4 is 5.32 Å². The molecule has 21 heavy (non-hydrogen) atoms. The Labute approximate surface area is 135 Å². The summed E-state index contributed by atoms with van der Waals surface area (Å²) in [4.78, 5) is 0. The van der Waals surface area contributed by atoms with Gasteiger partial charge < -0.3 is 5.32 Å². The van der Waals surface area contributed by atoms with Gasteiger partial charge in [-0.25, -0.2) is 0 Å². The average Bonchev–Trinajstić information content (AvgIpc) is 2.59. The minimum atomic E-state index is 0.309. The van der Waals surface area contributed by atoms with Crippen molar-refractivity contribution in [1.82, 2.24) is 9.78 Å². The van der Waals surface area contributed by atoms with Crippen molar-refractivity contribution < 1.29 is 0 Å². The number of aromatic nitrogens is 2. The van der Waals surface area contributed by atoms with Gasteiger partial charge in [-0.3, -0.25) is 4.68 Å². The standard InChI is InChI=1S/C16H20ClN3S/c1-9-7-12(17)5-6-13(9)15-14-11(3)19-20(4)16(14)18-10(2)8-21-15/h5-7,10,15,18H,8H2,1-4H3/t10-,15-/m0/s1. The van der Waals surface area contributed by atoms with Gasteiger partial charge in [0.1, 0.15) is 5.82 Å². The molecule has 2 heterocycles. The Morgan fingerprint density at radius 2 is 2.14 bits per heavy atom. The van der Waals surface area contributed by atoms with Crippen LogP contribution in [0.25, 0.3) is 0 Å². The van der Waals surface area contributed by atoms with Gasteiger partial charge in [0, 0.05) is 29.4 Å². The second-order valence-electron chi connectivity index (χ2n) is 5.73. The molecule has 112 valence electrons. The normalized spacial score (nSPS) is 21.6. The Bertz CT molecular complexity index is 680. The zero-order valence-corrected chi connectivity index (χ0v) is 14.3. The number of anilines is 1. The molecule has 3 nitrogen and oxygen atoms in total. The summed E-state index contributed by atoms with van der Waals surface area (Å²) in [5.41, 5.74) is 4.97. The number of hydrogen-bond donors (Lipinski definition) is 1. The quantitative estimate of drug-likeness (QED) is 0.848. The molecule has 1 aliphatic rings. The lowest BCUT2D eigenvalue weighted by atomic mass is 9.99. The molecule has 1 aromatic carbocycles. The highest BCUT2D eigenvalue weighted by Crippen LogP contribution is 2.44. The van der Waals surface area contributed by atoms with Gasteiger partial charge in [-0.1, -0.05) is 17.7 Å². The maximum atomic E-state index is 6.11. The number of hydrogen-bond acceptors (Lipinski definition) is 3. The van der Waals surface area contributed by atoms with Gasteiger partial charge in [0.2, 0.25) is 0 Å². The summed E-state index contributed by atoms with van der Waals surface area (Å²) in [7, 11) is 2.01. The molecule has 0 amide bonds. The minimum absolute atomic E-state index is 0.309. The van der Waals surface area contributed by atoms with E-state index in [9.17, 15) is 0 Å². The number of rotatable bonds is 1. The molecule has 2 atom stereocenters. The van der Waals surface area contributed by atoms with Crippen LogP contribution in [0.3, 0.4) is 0 Å². The summed E-state index contributed by atoms with van der Waals surface area (Å²) in [5, 5.41) is 9.31. The molecule has 0 saturated carbocycles. The number of halogens is 1. The van der Waals surface area contributed by atoms with E-state index in [2.05, 4.69) is 37.3 Å². The highest BCUT2D eigenvalue weighted by Gasteiger charge is 2.29. The fourth-order valence-corrected chi connectivity index (χ4v) is 4.62. The van der Waals surface area contributed by atoms with Crippen LogP contribution in [0, 0.1) is 13.8 Å². The molecule has 1 N–H and O–H groups in total. The van der Waals surface area contributed by atoms with E-state index in [-0.39, 0.29) is 0 Å². The maximum absolute atomic E-state index is 6.11. The number of fused-ring (bicyclic) bond motifs is 1. The Morgan fingerprint density at radius 1 is 1.38 bits per heavy atom. The third kappa shape index (κ3) is 2.67. The number of nitrogens with zero attached hydrogens (tertiary/aromatic N) is 2. The largest absolute Gasteiger partial charge is 0.367 e. The maximum Gasteiger partial charge on any atom is 0.129 e. The third-order valence-corrected chi connectivity index (χ3v) is 5.69. The number of nitrogens with one attached hydrogen (secondary N) is 1. The first-order valence-corrected chi connectivity index (χ1v) is 8.57. The summed E-state index contributed by atoms with van der Waals surface area (Å²) in [6.07, 6.45) is 0. The predicted octanol–water partition coefficient (Wildman–Crippen LogP) is 4.33. The lowest BCUT2D eigenvalue weighted by Gasteiger charge is -2.18. The van der Waals surface area contributed by atoms with Crippen molar-refractivity contribution in [2.45, 2.75) is 32.1 Å². The van der Waals surface area contributed by atoms with E-state index in [1.54, 1.807) is 0 Å². The highest BCUT2D eigenvalue weighted by atomic mass is 35.5. The lowest BCUT2D eigenvalue weighted by molar-refractivity contribution is 0.747. The molecule has 2 aromatic rings. The molecule has 3 rings (SSSR count). The molecule has 0 bridgehead atoms. The predicted molar refractivity (Wildman–Crippen MR) is 91.5 cm³/mol. The fraction of sp³-hybridized carbons (Fsp3) is 0.438. The molecule has 0 spiro atoms. The number of thioether (sulfide) groups is 1. The summed E-state index contributed by atoms with van der Waals surface area (Å²) >= 11 is 8.09. The van der Waals surface area contributed by atoms with Gasteiger partial charge in [-0.15, -0.1) is 11.8 Å². The monoisotopic (exact) mass is 321 g/mol. The van der Waals surface area contributed by atoms with Gasteiger partial charge in [0.15, 0.2) is 0 Å². The van der Waals surface area contributed by atoms with Gasteiger partial charge in [-0.05, 0) is 44.0 Å². The summed E-state index contributed by atoms with van der Waals surface area (Å²) < 4.78 is 1.96. The van der Waals surface area contributed by atoms with Crippen LogP contribution in [0.1, 0.15) is 34.6 Å². The molecule has 0 saturated heterocycles. The van der Waals surface area contributed by atoms with Gasteiger partial charge in [0.25, 0.3) is 0 Å². The molecule has 0 fully saturated rings. The average molecular weight is 322 g/mol. The van der Waals surface area contributed by atoms with E-state index in [4.69, 9.17) is 11.6 Å². The van der Waals surface area contributed by atoms with Crippen molar-refractivity contribution >= 4 is 29.2 Å². The second kappa shape index (κ2) is 5.58. The molecular formula is C16H20ClN3S. The van der Waals surface area contributed by atoms with Gasteiger partial charge in [0.05, 0.1) is 10.9 Å². The smallest absolute Gasteiger partial charge is 0.129 e. The van der Waals surface area contributed by atoms with E-state index in [0.29, 0.717) is 11.3 Å². The van der Waals surface area contributed by atoms with Crippen LogP contribution >= 0.6 is 23.4 Å². The van der Waals surface area contributed by atoms with Crippen LogP contribution in [0.5, 0.6) is 0 Å². The summed E-state index contributed by atoms with van der Waals surface area (Å²) in [6.45, 7) is 6.44. The number of aryl methyl sites for hydroxylation is 3. The minimum Gasteiger partial charge on any atom is -0.367 e. The van der Waals surface area contributed by atoms with Crippen molar-refractivity contribution in [3.05, 3.63) is 45.6 Å². The van der Waals surface area contributed by atoms with E-state index in [1.165, 1.54) is 16.7 Å². The van der Waals surface area contributed by atoms with E-state index < -0.39 is 0 Å². The van der Waals surface area contributed by atoms with Crippen LogP contribution in [0.4, 0.5) is 5.82 Å². The van der Waals surface area contributed by atoms with Crippen LogP contribution in [-0.2, 0) is 7.05 Å². The fourth-order valence-electron chi connectivity index (χ4n) is 2.94. The zero-order valence-electron chi connectivity index (χ0n) is 12.8. The van der Waals surface area contributed by atoms with E-state index in [1.807, 2.05) is 35.6 Å². The Morgan fingerprint density at radius 3 is 2.86 bits per heavy atom. The van der Waals surface area contributed by atoms with Crippen LogP contribution in [0.15, 0.2) is 18.2 Å². The number of benzene rings is 1. The second-order valence-corrected chi connectivity index (χ2v) is 7.31. The molecule has 0 unspecified atom stereocenters. The highest BCUT2D eigenvalue weighted by molar-refractivity contribution is 7.99. The first-order valence-electron chi connectivity index (χ1n) is 7.15.